The van der Waals surface area contributed by atoms with Crippen LogP contribution < -0.4 is 5.73 Å². The molecule has 0 radical (unpaired) electrons. The second-order valence-corrected chi connectivity index (χ2v) is 1.93. The SMILES string of the molecule is COC(=O)C(CN)CCF. The first kappa shape index (κ1) is 9.36. The lowest BCUT2D eigenvalue weighted by molar-refractivity contribution is -0.145. The van der Waals surface area contributed by atoms with Gasteiger partial charge in [-0.2, -0.15) is 0 Å². The Balaban J connectivity index is 3.68. The summed E-state index contributed by atoms with van der Waals surface area (Å²) in [6, 6.07) is 0. The molecule has 0 aliphatic carbocycles. The van der Waals surface area contributed by atoms with Crippen molar-refractivity contribution < 1.29 is 13.9 Å². The van der Waals surface area contributed by atoms with Crippen LogP contribution >= 0.6 is 0 Å². The Kier molecular flexibility index (Phi) is 4.84. The van der Waals surface area contributed by atoms with Crippen LogP contribution in [0.5, 0.6) is 0 Å². The third-order valence-corrected chi connectivity index (χ3v) is 1.28. The molecule has 0 saturated heterocycles. The van der Waals surface area contributed by atoms with Crippen LogP contribution in [0.2, 0.25) is 0 Å². The van der Waals surface area contributed by atoms with Crippen molar-refractivity contribution in [1.29, 1.82) is 0 Å². The van der Waals surface area contributed by atoms with Gasteiger partial charge in [0.15, 0.2) is 0 Å². The van der Waals surface area contributed by atoms with Crippen LogP contribution in [-0.4, -0.2) is 26.3 Å². The average Bonchev–Trinajstić information content (AvgIpc) is 1.99. The molecular formula is C6H12FNO2. The Morgan fingerprint density at radius 1 is 1.80 bits per heavy atom. The molecule has 4 heteroatoms. The molecule has 2 N–H and O–H groups in total. The predicted octanol–water partition coefficient (Wildman–Crippen LogP) is 0.0939. The normalized spacial score (nSPS) is 12.7. The van der Waals surface area contributed by atoms with E-state index in [9.17, 15) is 9.18 Å². The van der Waals surface area contributed by atoms with Crippen molar-refractivity contribution in [3.8, 4) is 0 Å². The summed E-state index contributed by atoms with van der Waals surface area (Å²) in [7, 11) is 1.27. The number of alkyl halides is 1. The van der Waals surface area contributed by atoms with Crippen molar-refractivity contribution in [3.05, 3.63) is 0 Å². The maximum Gasteiger partial charge on any atom is 0.310 e. The molecular weight excluding hydrogens is 137 g/mol. The van der Waals surface area contributed by atoms with Crippen molar-refractivity contribution >= 4 is 5.97 Å². The summed E-state index contributed by atoms with van der Waals surface area (Å²) in [6.07, 6.45) is 0.156. The highest BCUT2D eigenvalue weighted by atomic mass is 19.1. The fourth-order valence-corrected chi connectivity index (χ4v) is 0.630. The lowest BCUT2D eigenvalue weighted by atomic mass is 10.1. The Morgan fingerprint density at radius 3 is 2.70 bits per heavy atom. The molecule has 0 aromatic carbocycles. The molecule has 0 aliphatic heterocycles. The number of hydrogen-bond acceptors (Lipinski definition) is 3. The van der Waals surface area contributed by atoms with Gasteiger partial charge in [0.05, 0.1) is 19.7 Å². The van der Waals surface area contributed by atoms with Gasteiger partial charge >= 0.3 is 5.97 Å². The lowest BCUT2D eigenvalue weighted by Crippen LogP contribution is -2.25. The largest absolute Gasteiger partial charge is 0.469 e. The van der Waals surface area contributed by atoms with E-state index >= 15 is 0 Å². The number of halogens is 1. The van der Waals surface area contributed by atoms with Crippen molar-refractivity contribution in [2.45, 2.75) is 6.42 Å². The topological polar surface area (TPSA) is 52.3 Å². The Labute approximate surface area is 59.3 Å². The van der Waals surface area contributed by atoms with Gasteiger partial charge in [-0.05, 0) is 6.42 Å². The molecule has 0 aliphatic rings. The highest BCUT2D eigenvalue weighted by Crippen LogP contribution is 2.02. The fraction of sp³-hybridized carbons (Fsp3) is 0.833. The zero-order chi connectivity index (χ0) is 7.98. The van der Waals surface area contributed by atoms with Crippen LogP contribution in [0.3, 0.4) is 0 Å². The summed E-state index contributed by atoms with van der Waals surface area (Å²) in [5.74, 6) is -0.907. The maximum atomic E-state index is 11.7. The highest BCUT2D eigenvalue weighted by molar-refractivity contribution is 5.72. The lowest BCUT2D eigenvalue weighted by Gasteiger charge is -2.08. The molecule has 0 amide bonds. The second kappa shape index (κ2) is 5.17. The number of carbonyl (C=O) groups excluding carboxylic acids is 1. The third-order valence-electron chi connectivity index (χ3n) is 1.28. The summed E-state index contributed by atoms with van der Waals surface area (Å²) in [4.78, 5) is 10.7. The number of nitrogens with two attached hydrogens (primary N) is 1. The van der Waals surface area contributed by atoms with E-state index in [1.165, 1.54) is 7.11 Å². The zero-order valence-electron chi connectivity index (χ0n) is 5.97. The van der Waals surface area contributed by atoms with E-state index in [4.69, 9.17) is 5.73 Å². The zero-order valence-corrected chi connectivity index (χ0v) is 5.97. The minimum atomic E-state index is -0.531. The van der Waals surface area contributed by atoms with Crippen LogP contribution in [0, 0.1) is 5.92 Å². The van der Waals surface area contributed by atoms with Crippen LogP contribution in [0.15, 0.2) is 0 Å². The number of ether oxygens (including phenoxy) is 1. The first-order valence-electron chi connectivity index (χ1n) is 3.10. The third kappa shape index (κ3) is 2.77. The first-order chi connectivity index (χ1) is 4.76. The molecule has 0 rings (SSSR count). The Bertz CT molecular complexity index is 108. The van der Waals surface area contributed by atoms with Crippen molar-refractivity contribution in [2.24, 2.45) is 11.7 Å². The van der Waals surface area contributed by atoms with E-state index in [2.05, 4.69) is 4.74 Å². The van der Waals surface area contributed by atoms with Crippen molar-refractivity contribution in [3.63, 3.8) is 0 Å². The first-order valence-corrected chi connectivity index (χ1v) is 3.10. The molecule has 1 atom stereocenters. The molecule has 0 spiro atoms. The van der Waals surface area contributed by atoms with Gasteiger partial charge in [-0.25, -0.2) is 0 Å². The van der Waals surface area contributed by atoms with Gasteiger partial charge in [0, 0.05) is 6.54 Å². The van der Waals surface area contributed by atoms with Crippen LogP contribution in [0.25, 0.3) is 0 Å². The van der Waals surface area contributed by atoms with Gasteiger partial charge in [0.2, 0.25) is 0 Å². The molecule has 0 saturated carbocycles. The average molecular weight is 149 g/mol. The minimum absolute atomic E-state index is 0.149. The molecule has 10 heavy (non-hydrogen) atoms. The number of rotatable bonds is 4. The maximum absolute atomic E-state index is 11.7. The summed E-state index contributed by atoms with van der Waals surface area (Å²) >= 11 is 0. The van der Waals surface area contributed by atoms with Crippen LogP contribution in [0.1, 0.15) is 6.42 Å². The number of esters is 1. The molecule has 1 unspecified atom stereocenters. The Hall–Kier alpha value is -0.640. The van der Waals surface area contributed by atoms with Crippen LogP contribution in [0.4, 0.5) is 4.39 Å². The highest BCUT2D eigenvalue weighted by Gasteiger charge is 2.15. The van der Waals surface area contributed by atoms with E-state index in [0.29, 0.717) is 0 Å². The summed E-state index contributed by atoms with van der Waals surface area (Å²) in [6.45, 7) is -0.381. The molecule has 0 aromatic rings. The fourth-order valence-electron chi connectivity index (χ4n) is 0.630. The van der Waals surface area contributed by atoms with Crippen LogP contribution in [-0.2, 0) is 9.53 Å². The van der Waals surface area contributed by atoms with Gasteiger partial charge < -0.3 is 10.5 Å². The molecule has 0 aromatic heterocycles. The van der Waals surface area contributed by atoms with Crippen molar-refractivity contribution in [2.75, 3.05) is 20.3 Å². The van der Waals surface area contributed by atoms with E-state index in [1.54, 1.807) is 0 Å². The summed E-state index contributed by atoms with van der Waals surface area (Å²) in [5.41, 5.74) is 5.17. The minimum Gasteiger partial charge on any atom is -0.469 e. The van der Waals surface area contributed by atoms with E-state index in [-0.39, 0.29) is 13.0 Å². The molecule has 60 valence electrons. The molecule has 0 bridgehead atoms. The molecule has 0 fully saturated rings. The predicted molar refractivity (Wildman–Crippen MR) is 35.2 cm³/mol. The van der Waals surface area contributed by atoms with Gasteiger partial charge in [-0.3, -0.25) is 9.18 Å². The van der Waals surface area contributed by atoms with Gasteiger partial charge in [-0.15, -0.1) is 0 Å². The van der Waals surface area contributed by atoms with E-state index in [1.807, 2.05) is 0 Å². The standard InChI is InChI=1S/C6H12FNO2/c1-10-6(9)5(4-8)2-3-7/h5H,2-4,8H2,1H3. The van der Waals surface area contributed by atoms with Gasteiger partial charge in [0.1, 0.15) is 0 Å². The number of carbonyl (C=O) groups is 1. The quantitative estimate of drug-likeness (QED) is 0.576. The summed E-state index contributed by atoms with van der Waals surface area (Å²) < 4.78 is 16.0. The monoisotopic (exact) mass is 149 g/mol. The van der Waals surface area contributed by atoms with E-state index in [0.717, 1.165) is 0 Å². The number of hydrogen-bond donors (Lipinski definition) is 1. The van der Waals surface area contributed by atoms with E-state index < -0.39 is 18.6 Å². The second-order valence-electron chi connectivity index (χ2n) is 1.93. The summed E-state index contributed by atoms with van der Waals surface area (Å²) in [5, 5.41) is 0. The van der Waals surface area contributed by atoms with Crippen molar-refractivity contribution in [1.82, 2.24) is 0 Å². The molecule has 3 nitrogen and oxygen atoms in total. The Morgan fingerprint density at radius 2 is 2.40 bits per heavy atom. The molecule has 0 heterocycles. The van der Waals surface area contributed by atoms with Gasteiger partial charge in [0.25, 0.3) is 0 Å². The number of methoxy groups -OCH3 is 1. The van der Waals surface area contributed by atoms with Gasteiger partial charge in [-0.1, -0.05) is 0 Å². The smallest absolute Gasteiger partial charge is 0.310 e.